The molecule has 1 atom stereocenters. The van der Waals surface area contributed by atoms with Gasteiger partial charge in [-0.2, -0.15) is 0 Å². The van der Waals surface area contributed by atoms with Gasteiger partial charge in [0.15, 0.2) is 6.61 Å². The van der Waals surface area contributed by atoms with Crippen LogP contribution in [0.1, 0.15) is 37.0 Å². The second kappa shape index (κ2) is 10.5. The second-order valence-corrected chi connectivity index (χ2v) is 6.97. The van der Waals surface area contributed by atoms with E-state index in [0.717, 1.165) is 23.1 Å². The highest BCUT2D eigenvalue weighted by molar-refractivity contribution is 5.88. The molecular weight excluding hydrogens is 352 g/mol. The van der Waals surface area contributed by atoms with Crippen LogP contribution in [0.2, 0.25) is 0 Å². The van der Waals surface area contributed by atoms with E-state index in [-0.39, 0.29) is 18.4 Å². The summed E-state index contributed by atoms with van der Waals surface area (Å²) in [4.78, 5) is 27.1. The molecule has 0 radical (unpaired) electrons. The Hall–Kier alpha value is -2.82. The van der Waals surface area contributed by atoms with Crippen molar-refractivity contribution in [2.75, 3.05) is 13.2 Å². The van der Waals surface area contributed by atoms with Gasteiger partial charge < -0.3 is 15.0 Å². The van der Waals surface area contributed by atoms with Crippen LogP contribution in [-0.2, 0) is 16.1 Å². The van der Waals surface area contributed by atoms with E-state index in [0.29, 0.717) is 18.8 Å². The van der Waals surface area contributed by atoms with E-state index >= 15 is 0 Å². The molecule has 2 aromatic rings. The van der Waals surface area contributed by atoms with Gasteiger partial charge in [-0.15, -0.1) is 0 Å². The average Bonchev–Trinajstić information content (AvgIpc) is 2.70. The van der Waals surface area contributed by atoms with E-state index in [1.54, 1.807) is 11.8 Å². The molecule has 0 fully saturated rings. The number of aryl methyl sites for hydroxylation is 2. The van der Waals surface area contributed by atoms with E-state index in [2.05, 4.69) is 5.32 Å². The molecule has 0 bridgehead atoms. The minimum Gasteiger partial charge on any atom is -0.484 e. The Balaban J connectivity index is 2.16. The number of carbonyl (C=O) groups excluding carboxylic acids is 2. The summed E-state index contributed by atoms with van der Waals surface area (Å²) in [7, 11) is 0. The fourth-order valence-corrected chi connectivity index (χ4v) is 2.89. The number of amides is 2. The molecule has 2 rings (SSSR count). The third-order valence-electron chi connectivity index (χ3n) is 4.76. The Morgan fingerprint density at radius 3 is 2.32 bits per heavy atom. The van der Waals surface area contributed by atoms with E-state index in [1.807, 2.05) is 69.3 Å². The Morgan fingerprint density at radius 2 is 1.68 bits per heavy atom. The van der Waals surface area contributed by atoms with Crippen molar-refractivity contribution < 1.29 is 14.3 Å². The van der Waals surface area contributed by atoms with Crippen LogP contribution >= 0.6 is 0 Å². The fraction of sp³-hybridized carbons (Fsp3) is 0.391. The first-order chi connectivity index (χ1) is 13.4. The lowest BCUT2D eigenvalue weighted by molar-refractivity contribution is -0.142. The average molecular weight is 383 g/mol. The van der Waals surface area contributed by atoms with Crippen molar-refractivity contribution in [1.29, 1.82) is 0 Å². The predicted octanol–water partition coefficient (Wildman–Crippen LogP) is 3.63. The van der Waals surface area contributed by atoms with Crippen molar-refractivity contribution >= 4 is 11.8 Å². The lowest BCUT2D eigenvalue weighted by Crippen LogP contribution is -2.49. The number of ether oxygens (including phenoxy) is 1. The predicted molar refractivity (Wildman–Crippen MR) is 111 cm³/mol. The minimum atomic E-state index is -0.584. The van der Waals surface area contributed by atoms with Crippen molar-refractivity contribution in [2.24, 2.45) is 0 Å². The first-order valence-electron chi connectivity index (χ1n) is 9.74. The highest BCUT2D eigenvalue weighted by Crippen LogP contribution is 2.18. The van der Waals surface area contributed by atoms with Crippen molar-refractivity contribution in [3.63, 3.8) is 0 Å². The smallest absolute Gasteiger partial charge is 0.261 e. The van der Waals surface area contributed by atoms with Crippen molar-refractivity contribution in [2.45, 2.75) is 46.7 Å². The van der Waals surface area contributed by atoms with Gasteiger partial charge in [-0.25, -0.2) is 0 Å². The first-order valence-corrected chi connectivity index (χ1v) is 9.74. The number of benzene rings is 2. The number of nitrogens with zero attached hydrogens (tertiary/aromatic N) is 1. The molecule has 0 aliphatic carbocycles. The summed E-state index contributed by atoms with van der Waals surface area (Å²) in [6.45, 7) is 8.54. The Bertz CT molecular complexity index is 804. The third-order valence-corrected chi connectivity index (χ3v) is 4.76. The van der Waals surface area contributed by atoms with Crippen LogP contribution in [0, 0.1) is 13.8 Å². The maximum absolute atomic E-state index is 13.0. The molecule has 0 saturated carbocycles. The van der Waals surface area contributed by atoms with Crippen LogP contribution in [0.4, 0.5) is 0 Å². The zero-order valence-corrected chi connectivity index (χ0v) is 17.2. The monoisotopic (exact) mass is 382 g/mol. The van der Waals surface area contributed by atoms with Gasteiger partial charge in [-0.3, -0.25) is 9.59 Å². The van der Waals surface area contributed by atoms with Crippen molar-refractivity contribution in [3.05, 3.63) is 65.2 Å². The Labute approximate surface area is 167 Å². The van der Waals surface area contributed by atoms with Gasteiger partial charge in [0.1, 0.15) is 11.8 Å². The highest BCUT2D eigenvalue weighted by Gasteiger charge is 2.26. The van der Waals surface area contributed by atoms with Crippen LogP contribution in [0.25, 0.3) is 0 Å². The number of carbonyl (C=O) groups is 2. The molecule has 5 heteroatoms. The number of rotatable bonds is 9. The van der Waals surface area contributed by atoms with Crippen LogP contribution in [0.5, 0.6) is 5.75 Å². The van der Waals surface area contributed by atoms with Crippen LogP contribution in [0.15, 0.2) is 48.5 Å². The van der Waals surface area contributed by atoms with Gasteiger partial charge in [0.05, 0.1) is 0 Å². The molecule has 2 aromatic carbocycles. The van der Waals surface area contributed by atoms with E-state index < -0.39 is 6.04 Å². The molecule has 2 amide bonds. The lowest BCUT2D eigenvalue weighted by Gasteiger charge is -2.29. The maximum Gasteiger partial charge on any atom is 0.261 e. The Morgan fingerprint density at radius 1 is 1.04 bits per heavy atom. The summed E-state index contributed by atoms with van der Waals surface area (Å²) in [5, 5.41) is 2.88. The highest BCUT2D eigenvalue weighted by atomic mass is 16.5. The number of hydrogen-bond acceptors (Lipinski definition) is 3. The molecule has 28 heavy (non-hydrogen) atoms. The molecular formula is C23H30N2O3. The molecule has 5 nitrogen and oxygen atoms in total. The van der Waals surface area contributed by atoms with Gasteiger partial charge in [0.2, 0.25) is 5.91 Å². The largest absolute Gasteiger partial charge is 0.484 e. The zero-order chi connectivity index (χ0) is 20.5. The molecule has 0 heterocycles. The lowest BCUT2D eigenvalue weighted by atomic mass is 10.1. The van der Waals surface area contributed by atoms with Crippen LogP contribution in [0.3, 0.4) is 0 Å². The fourth-order valence-electron chi connectivity index (χ4n) is 2.89. The molecule has 0 saturated heterocycles. The summed E-state index contributed by atoms with van der Waals surface area (Å²) < 4.78 is 5.74. The first kappa shape index (κ1) is 21.5. The molecule has 0 aliphatic rings. The molecule has 0 aliphatic heterocycles. The van der Waals surface area contributed by atoms with Crippen molar-refractivity contribution in [3.8, 4) is 5.75 Å². The molecule has 0 aromatic heterocycles. The van der Waals surface area contributed by atoms with Gasteiger partial charge in [-0.05, 0) is 49.9 Å². The SMILES string of the molecule is CCCNC(=O)[C@@H](C)N(Cc1ccccc1C)C(=O)COc1ccccc1C. The molecule has 1 N–H and O–H groups in total. The van der Waals surface area contributed by atoms with Gasteiger partial charge in [0.25, 0.3) is 5.91 Å². The maximum atomic E-state index is 13.0. The number of para-hydroxylation sites is 1. The molecule has 150 valence electrons. The third kappa shape index (κ3) is 5.84. The topological polar surface area (TPSA) is 58.6 Å². The van der Waals surface area contributed by atoms with E-state index in [1.165, 1.54) is 0 Å². The minimum absolute atomic E-state index is 0.109. The van der Waals surface area contributed by atoms with Gasteiger partial charge >= 0.3 is 0 Å². The summed E-state index contributed by atoms with van der Waals surface area (Å²) >= 11 is 0. The number of nitrogens with one attached hydrogen (secondary N) is 1. The standard InChI is InChI=1S/C23H30N2O3/c1-5-14-24-23(27)19(4)25(15-20-12-8-6-10-17(20)2)22(26)16-28-21-13-9-7-11-18(21)3/h6-13,19H,5,14-16H2,1-4H3,(H,24,27)/t19-/m1/s1. The van der Waals surface area contributed by atoms with E-state index in [4.69, 9.17) is 4.74 Å². The Kier molecular flexibility index (Phi) is 8.05. The second-order valence-electron chi connectivity index (χ2n) is 6.97. The van der Waals surface area contributed by atoms with Crippen LogP contribution in [-0.4, -0.2) is 35.9 Å². The summed E-state index contributed by atoms with van der Waals surface area (Å²) in [6, 6.07) is 14.9. The number of hydrogen-bond donors (Lipinski definition) is 1. The summed E-state index contributed by atoms with van der Waals surface area (Å²) in [6.07, 6.45) is 0.848. The summed E-state index contributed by atoms with van der Waals surface area (Å²) in [5.41, 5.74) is 3.07. The van der Waals surface area contributed by atoms with Crippen molar-refractivity contribution in [1.82, 2.24) is 10.2 Å². The quantitative estimate of drug-likeness (QED) is 0.721. The van der Waals surface area contributed by atoms with Crippen LogP contribution < -0.4 is 10.1 Å². The van der Waals surface area contributed by atoms with Gasteiger partial charge in [0, 0.05) is 13.1 Å². The summed E-state index contributed by atoms with van der Waals surface area (Å²) in [5.74, 6) is 0.306. The van der Waals surface area contributed by atoms with E-state index in [9.17, 15) is 9.59 Å². The normalized spacial score (nSPS) is 11.6. The molecule has 0 spiro atoms. The van der Waals surface area contributed by atoms with Gasteiger partial charge in [-0.1, -0.05) is 49.4 Å². The zero-order valence-electron chi connectivity index (χ0n) is 17.2. The molecule has 0 unspecified atom stereocenters.